The number of para-hydroxylation sites is 2. The molecule has 0 amide bonds. The van der Waals surface area contributed by atoms with Gasteiger partial charge in [-0.25, -0.2) is 9.97 Å². The molecular weight excluding hydrogens is 224 g/mol. The summed E-state index contributed by atoms with van der Waals surface area (Å²) in [5.74, 6) is 1.48. The number of hydrogen-bond acceptors (Lipinski definition) is 4. The zero-order chi connectivity index (χ0) is 12.4. The van der Waals surface area contributed by atoms with E-state index in [9.17, 15) is 0 Å². The highest BCUT2D eigenvalue weighted by molar-refractivity contribution is 5.75. The fraction of sp³-hybridized carbons (Fsp3) is 0.0714. The number of hydrogen-bond donors (Lipinski definition) is 1. The Kier molecular flexibility index (Phi) is 2.61. The average Bonchev–Trinajstić information content (AvgIpc) is 2.39. The van der Waals surface area contributed by atoms with Crippen molar-refractivity contribution in [2.24, 2.45) is 0 Å². The number of anilines is 2. The second-order valence-corrected chi connectivity index (χ2v) is 4.03. The van der Waals surface area contributed by atoms with E-state index in [4.69, 9.17) is 0 Å². The number of pyridine rings is 1. The van der Waals surface area contributed by atoms with E-state index in [0.717, 1.165) is 22.5 Å². The van der Waals surface area contributed by atoms with E-state index in [1.165, 1.54) is 0 Å². The summed E-state index contributed by atoms with van der Waals surface area (Å²) in [5, 5.41) is 3.15. The lowest BCUT2D eigenvalue weighted by Crippen LogP contribution is -1.97. The Labute approximate surface area is 105 Å². The van der Waals surface area contributed by atoms with Crippen LogP contribution in [0.25, 0.3) is 11.0 Å². The summed E-state index contributed by atoms with van der Waals surface area (Å²) in [5.41, 5.74) is 2.73. The minimum absolute atomic E-state index is 0.701. The molecule has 0 saturated heterocycles. The largest absolute Gasteiger partial charge is 0.324 e. The minimum Gasteiger partial charge on any atom is -0.324 e. The van der Waals surface area contributed by atoms with Crippen molar-refractivity contribution in [3.8, 4) is 0 Å². The summed E-state index contributed by atoms with van der Waals surface area (Å²) < 4.78 is 0. The number of benzene rings is 1. The molecule has 88 valence electrons. The molecule has 0 bridgehead atoms. The summed E-state index contributed by atoms with van der Waals surface area (Å²) in [7, 11) is 0. The van der Waals surface area contributed by atoms with Gasteiger partial charge in [0.05, 0.1) is 17.2 Å². The smallest absolute Gasteiger partial charge is 0.150 e. The summed E-state index contributed by atoms with van der Waals surface area (Å²) in [6.45, 7) is 1.96. The van der Waals surface area contributed by atoms with Crippen LogP contribution < -0.4 is 5.32 Å². The first kappa shape index (κ1) is 10.7. The van der Waals surface area contributed by atoms with Crippen LogP contribution in [0.2, 0.25) is 0 Å². The lowest BCUT2D eigenvalue weighted by molar-refractivity contribution is 1.18. The van der Waals surface area contributed by atoms with Gasteiger partial charge >= 0.3 is 0 Å². The van der Waals surface area contributed by atoms with Gasteiger partial charge in [-0.1, -0.05) is 18.2 Å². The molecule has 3 rings (SSSR count). The highest BCUT2D eigenvalue weighted by Gasteiger charge is 2.00. The van der Waals surface area contributed by atoms with Crippen LogP contribution in [-0.4, -0.2) is 15.0 Å². The molecule has 0 atom stereocenters. The minimum atomic E-state index is 0.701. The maximum atomic E-state index is 4.49. The molecule has 0 aliphatic heterocycles. The van der Waals surface area contributed by atoms with Gasteiger partial charge in [0.1, 0.15) is 5.82 Å². The fourth-order valence-electron chi connectivity index (χ4n) is 1.76. The number of aromatic nitrogens is 3. The van der Waals surface area contributed by atoms with E-state index in [1.807, 2.05) is 49.4 Å². The van der Waals surface area contributed by atoms with E-state index in [0.29, 0.717) is 5.82 Å². The lowest BCUT2D eigenvalue weighted by Gasteiger charge is -2.05. The third-order valence-corrected chi connectivity index (χ3v) is 2.59. The Morgan fingerprint density at radius 3 is 2.50 bits per heavy atom. The Hall–Kier alpha value is -2.49. The Balaban J connectivity index is 1.95. The molecule has 1 aromatic carbocycles. The predicted molar refractivity (Wildman–Crippen MR) is 71.8 cm³/mol. The van der Waals surface area contributed by atoms with Gasteiger partial charge < -0.3 is 5.32 Å². The SMILES string of the molecule is Cc1cccc(Nc2cnc3ccccc3n2)n1. The molecule has 2 heterocycles. The normalized spacial score (nSPS) is 10.5. The standard InChI is InChI=1S/C14H12N4/c1-10-5-4-8-13(16-10)18-14-9-15-11-6-2-3-7-12(11)17-14/h2-9H,1H3,(H,16,17,18). The molecule has 0 aliphatic carbocycles. The summed E-state index contributed by atoms with van der Waals surface area (Å²) in [4.78, 5) is 13.2. The van der Waals surface area contributed by atoms with Crippen LogP contribution in [0.4, 0.5) is 11.6 Å². The Morgan fingerprint density at radius 1 is 0.833 bits per heavy atom. The fourth-order valence-corrected chi connectivity index (χ4v) is 1.76. The van der Waals surface area contributed by atoms with Crippen LogP contribution in [0.15, 0.2) is 48.7 Å². The van der Waals surface area contributed by atoms with Crippen molar-refractivity contribution in [3.63, 3.8) is 0 Å². The number of nitrogens with zero attached hydrogens (tertiary/aromatic N) is 3. The molecule has 0 fully saturated rings. The number of rotatable bonds is 2. The van der Waals surface area contributed by atoms with E-state index < -0.39 is 0 Å². The first-order chi connectivity index (χ1) is 8.81. The topological polar surface area (TPSA) is 50.7 Å². The van der Waals surface area contributed by atoms with Crippen molar-refractivity contribution in [1.82, 2.24) is 15.0 Å². The van der Waals surface area contributed by atoms with E-state index in [1.54, 1.807) is 6.20 Å². The molecule has 1 N–H and O–H groups in total. The van der Waals surface area contributed by atoms with Gasteiger partial charge in [0.2, 0.25) is 0 Å². The third kappa shape index (κ3) is 2.13. The molecule has 3 aromatic rings. The van der Waals surface area contributed by atoms with Crippen LogP contribution >= 0.6 is 0 Å². The molecule has 4 nitrogen and oxygen atoms in total. The number of aryl methyl sites for hydroxylation is 1. The lowest BCUT2D eigenvalue weighted by atomic mass is 10.3. The monoisotopic (exact) mass is 236 g/mol. The number of fused-ring (bicyclic) bond motifs is 1. The molecule has 0 unspecified atom stereocenters. The van der Waals surface area contributed by atoms with Gasteiger partial charge in [0.25, 0.3) is 0 Å². The molecule has 0 spiro atoms. The first-order valence-corrected chi connectivity index (χ1v) is 5.74. The highest BCUT2D eigenvalue weighted by Crippen LogP contribution is 2.15. The van der Waals surface area contributed by atoms with Crippen LogP contribution in [0.3, 0.4) is 0 Å². The number of nitrogens with one attached hydrogen (secondary N) is 1. The Bertz CT molecular complexity index is 694. The Morgan fingerprint density at radius 2 is 1.67 bits per heavy atom. The van der Waals surface area contributed by atoms with Crippen molar-refractivity contribution in [1.29, 1.82) is 0 Å². The van der Waals surface area contributed by atoms with Gasteiger partial charge in [-0.3, -0.25) is 4.98 Å². The highest BCUT2D eigenvalue weighted by atomic mass is 15.1. The van der Waals surface area contributed by atoms with Gasteiger partial charge in [-0.15, -0.1) is 0 Å². The van der Waals surface area contributed by atoms with Crippen LogP contribution in [0.5, 0.6) is 0 Å². The van der Waals surface area contributed by atoms with Crippen LogP contribution in [0.1, 0.15) is 5.69 Å². The van der Waals surface area contributed by atoms with Gasteiger partial charge in [-0.2, -0.15) is 0 Å². The van der Waals surface area contributed by atoms with Crippen molar-refractivity contribution in [2.75, 3.05) is 5.32 Å². The molecule has 0 saturated carbocycles. The zero-order valence-corrected chi connectivity index (χ0v) is 9.96. The summed E-state index contributed by atoms with van der Waals surface area (Å²) in [6.07, 6.45) is 1.71. The van der Waals surface area contributed by atoms with Crippen molar-refractivity contribution in [2.45, 2.75) is 6.92 Å². The molecule has 0 radical (unpaired) electrons. The van der Waals surface area contributed by atoms with E-state index in [2.05, 4.69) is 20.3 Å². The summed E-state index contributed by atoms with van der Waals surface area (Å²) in [6, 6.07) is 13.6. The molecule has 0 aliphatic rings. The second kappa shape index (κ2) is 4.41. The molecule has 4 heteroatoms. The van der Waals surface area contributed by atoms with E-state index in [-0.39, 0.29) is 0 Å². The first-order valence-electron chi connectivity index (χ1n) is 5.74. The quantitative estimate of drug-likeness (QED) is 0.742. The van der Waals surface area contributed by atoms with Crippen LogP contribution in [0, 0.1) is 6.92 Å². The van der Waals surface area contributed by atoms with Gasteiger partial charge in [-0.05, 0) is 31.2 Å². The second-order valence-electron chi connectivity index (χ2n) is 4.03. The molecule has 2 aromatic heterocycles. The predicted octanol–water partition coefficient (Wildman–Crippen LogP) is 3.08. The maximum absolute atomic E-state index is 4.49. The van der Waals surface area contributed by atoms with Crippen LogP contribution in [-0.2, 0) is 0 Å². The zero-order valence-electron chi connectivity index (χ0n) is 9.96. The van der Waals surface area contributed by atoms with Gasteiger partial charge in [0, 0.05) is 5.69 Å². The van der Waals surface area contributed by atoms with Crippen molar-refractivity contribution < 1.29 is 0 Å². The maximum Gasteiger partial charge on any atom is 0.150 e. The van der Waals surface area contributed by atoms with E-state index >= 15 is 0 Å². The molecule has 18 heavy (non-hydrogen) atoms. The third-order valence-electron chi connectivity index (χ3n) is 2.59. The molecular formula is C14H12N4. The van der Waals surface area contributed by atoms with Crippen molar-refractivity contribution in [3.05, 3.63) is 54.4 Å². The van der Waals surface area contributed by atoms with Gasteiger partial charge in [0.15, 0.2) is 5.82 Å². The van der Waals surface area contributed by atoms with Crippen molar-refractivity contribution >= 4 is 22.7 Å². The average molecular weight is 236 g/mol. The summed E-state index contributed by atoms with van der Waals surface area (Å²) >= 11 is 0.